The van der Waals surface area contributed by atoms with Gasteiger partial charge in [-0.15, -0.1) is 0 Å². The summed E-state index contributed by atoms with van der Waals surface area (Å²) in [5.74, 6) is -0.278. The highest BCUT2D eigenvalue weighted by atomic mass is 19.1. The molecule has 0 aliphatic heterocycles. The van der Waals surface area contributed by atoms with Crippen LogP contribution >= 0.6 is 0 Å². The first kappa shape index (κ1) is 24.1. The third-order valence-corrected chi connectivity index (χ3v) is 5.44. The van der Waals surface area contributed by atoms with Crippen molar-refractivity contribution >= 4 is 0 Å². The van der Waals surface area contributed by atoms with E-state index in [2.05, 4.69) is 13.8 Å². The van der Waals surface area contributed by atoms with Gasteiger partial charge in [-0.2, -0.15) is 0 Å². The Morgan fingerprint density at radius 1 is 0.815 bits per heavy atom. The summed E-state index contributed by atoms with van der Waals surface area (Å²) in [6.45, 7) is 9.78. The number of benzene rings is 1. The zero-order valence-corrected chi connectivity index (χ0v) is 18.1. The van der Waals surface area contributed by atoms with Crippen LogP contribution in [0, 0.1) is 11.7 Å². The first-order valence-corrected chi connectivity index (χ1v) is 11.1. The molecular formula is C24H41FO2. The zero-order chi connectivity index (χ0) is 20.0. The molecule has 0 heterocycles. The second-order valence-electron chi connectivity index (χ2n) is 7.65. The van der Waals surface area contributed by atoms with Gasteiger partial charge in [0.05, 0.1) is 0 Å². The molecule has 0 aliphatic carbocycles. The van der Waals surface area contributed by atoms with Crippen molar-refractivity contribution in [3.05, 3.63) is 35.6 Å². The lowest BCUT2D eigenvalue weighted by atomic mass is 9.87. The van der Waals surface area contributed by atoms with Crippen LogP contribution in [0.15, 0.2) is 24.3 Å². The van der Waals surface area contributed by atoms with Crippen LogP contribution < -0.4 is 0 Å². The maximum absolute atomic E-state index is 13.1. The van der Waals surface area contributed by atoms with E-state index < -0.39 is 5.79 Å². The number of unbranched alkanes of at least 4 members (excludes halogenated alkanes) is 5. The standard InChI is InChI=1S/C24H41FO2/c1-5-8-9-10-11-12-15-22(24(4,26-6-2)27-7-3)16-13-14-21-17-19-23(25)20-18-21/h17-20,22H,5-16H2,1-4H3. The van der Waals surface area contributed by atoms with Gasteiger partial charge >= 0.3 is 0 Å². The van der Waals surface area contributed by atoms with Crippen molar-refractivity contribution in [2.45, 2.75) is 97.7 Å². The van der Waals surface area contributed by atoms with Crippen molar-refractivity contribution in [2.75, 3.05) is 13.2 Å². The quantitative estimate of drug-likeness (QED) is 0.221. The summed E-state index contributed by atoms with van der Waals surface area (Å²) in [5, 5.41) is 0. The predicted molar refractivity (Wildman–Crippen MR) is 112 cm³/mol. The summed E-state index contributed by atoms with van der Waals surface area (Å²) in [4.78, 5) is 0. The maximum Gasteiger partial charge on any atom is 0.168 e. The van der Waals surface area contributed by atoms with Gasteiger partial charge in [0.25, 0.3) is 0 Å². The van der Waals surface area contributed by atoms with Crippen LogP contribution in [0.1, 0.15) is 91.0 Å². The summed E-state index contributed by atoms with van der Waals surface area (Å²) in [5.41, 5.74) is 1.20. The Balaban J connectivity index is 2.57. The lowest BCUT2D eigenvalue weighted by Crippen LogP contribution is -2.41. The lowest BCUT2D eigenvalue weighted by Gasteiger charge is -2.37. The number of aryl methyl sites for hydroxylation is 1. The van der Waals surface area contributed by atoms with E-state index in [4.69, 9.17) is 9.47 Å². The molecule has 2 nitrogen and oxygen atoms in total. The smallest absolute Gasteiger partial charge is 0.168 e. The number of hydrogen-bond donors (Lipinski definition) is 0. The highest BCUT2D eigenvalue weighted by molar-refractivity contribution is 5.15. The van der Waals surface area contributed by atoms with E-state index in [9.17, 15) is 4.39 Å². The molecular weight excluding hydrogens is 339 g/mol. The van der Waals surface area contributed by atoms with Crippen molar-refractivity contribution in [2.24, 2.45) is 5.92 Å². The molecule has 1 aromatic carbocycles. The summed E-state index contributed by atoms with van der Waals surface area (Å²) in [7, 11) is 0. The van der Waals surface area contributed by atoms with E-state index in [1.165, 1.54) is 44.1 Å². The zero-order valence-electron chi connectivity index (χ0n) is 18.1. The molecule has 0 spiro atoms. The van der Waals surface area contributed by atoms with Crippen molar-refractivity contribution in [3.63, 3.8) is 0 Å². The van der Waals surface area contributed by atoms with Crippen molar-refractivity contribution in [3.8, 4) is 0 Å². The molecule has 0 fully saturated rings. The summed E-state index contributed by atoms with van der Waals surface area (Å²) < 4.78 is 25.2. The molecule has 0 bridgehead atoms. The molecule has 3 heteroatoms. The Kier molecular flexibility index (Phi) is 12.6. The van der Waals surface area contributed by atoms with E-state index in [0.717, 1.165) is 25.7 Å². The van der Waals surface area contributed by atoms with Gasteiger partial charge in [0.15, 0.2) is 5.79 Å². The minimum Gasteiger partial charge on any atom is -0.350 e. The molecule has 0 N–H and O–H groups in total. The molecule has 0 radical (unpaired) electrons. The Morgan fingerprint density at radius 2 is 1.37 bits per heavy atom. The van der Waals surface area contributed by atoms with Gasteiger partial charge in [-0.3, -0.25) is 0 Å². The average molecular weight is 381 g/mol. The molecule has 1 rings (SSSR count). The maximum atomic E-state index is 13.1. The second-order valence-corrected chi connectivity index (χ2v) is 7.65. The Bertz CT molecular complexity index is 466. The fraction of sp³-hybridized carbons (Fsp3) is 0.750. The van der Waals surface area contributed by atoms with Gasteiger partial charge in [0.2, 0.25) is 0 Å². The third kappa shape index (κ3) is 9.71. The number of halogens is 1. The lowest BCUT2D eigenvalue weighted by molar-refractivity contribution is -0.254. The predicted octanol–water partition coefficient (Wildman–Crippen LogP) is 7.30. The molecule has 0 aromatic heterocycles. The highest BCUT2D eigenvalue weighted by Crippen LogP contribution is 2.33. The van der Waals surface area contributed by atoms with Crippen molar-refractivity contribution < 1.29 is 13.9 Å². The Morgan fingerprint density at radius 3 is 1.96 bits per heavy atom. The Hall–Kier alpha value is -0.930. The SMILES string of the molecule is CCCCCCCCC(CCCc1ccc(F)cc1)C(C)(OCC)OCC. The van der Waals surface area contributed by atoms with Gasteiger partial charge in [-0.25, -0.2) is 4.39 Å². The van der Waals surface area contributed by atoms with E-state index >= 15 is 0 Å². The molecule has 1 unspecified atom stereocenters. The first-order valence-electron chi connectivity index (χ1n) is 11.1. The number of hydrogen-bond acceptors (Lipinski definition) is 2. The number of ether oxygens (including phenoxy) is 2. The minimum absolute atomic E-state index is 0.167. The van der Waals surface area contributed by atoms with E-state index in [-0.39, 0.29) is 5.82 Å². The molecule has 0 saturated heterocycles. The normalized spacial score (nSPS) is 13.1. The van der Waals surface area contributed by atoms with Crippen LogP contribution in [-0.2, 0) is 15.9 Å². The largest absolute Gasteiger partial charge is 0.350 e. The monoisotopic (exact) mass is 380 g/mol. The van der Waals surface area contributed by atoms with Gasteiger partial charge in [-0.1, -0.05) is 57.6 Å². The highest BCUT2D eigenvalue weighted by Gasteiger charge is 2.34. The van der Waals surface area contributed by atoms with Crippen LogP contribution in [0.3, 0.4) is 0 Å². The molecule has 0 aliphatic rings. The van der Waals surface area contributed by atoms with Gasteiger partial charge in [0, 0.05) is 19.1 Å². The molecule has 1 aromatic rings. The van der Waals surface area contributed by atoms with E-state index in [0.29, 0.717) is 19.1 Å². The molecule has 27 heavy (non-hydrogen) atoms. The van der Waals surface area contributed by atoms with Crippen LogP contribution in [0.2, 0.25) is 0 Å². The van der Waals surface area contributed by atoms with Gasteiger partial charge in [0.1, 0.15) is 5.82 Å². The summed E-state index contributed by atoms with van der Waals surface area (Å²) in [6.07, 6.45) is 12.1. The van der Waals surface area contributed by atoms with Crippen LogP contribution in [0.25, 0.3) is 0 Å². The van der Waals surface area contributed by atoms with E-state index in [1.807, 2.05) is 26.0 Å². The van der Waals surface area contributed by atoms with Crippen LogP contribution in [0.5, 0.6) is 0 Å². The van der Waals surface area contributed by atoms with E-state index in [1.54, 1.807) is 12.1 Å². The topological polar surface area (TPSA) is 18.5 Å². The average Bonchev–Trinajstić information content (AvgIpc) is 2.65. The van der Waals surface area contributed by atoms with Crippen LogP contribution in [-0.4, -0.2) is 19.0 Å². The van der Waals surface area contributed by atoms with Crippen molar-refractivity contribution in [1.29, 1.82) is 0 Å². The van der Waals surface area contributed by atoms with Crippen LogP contribution in [0.4, 0.5) is 4.39 Å². The fourth-order valence-corrected chi connectivity index (χ4v) is 3.89. The number of rotatable bonds is 16. The summed E-state index contributed by atoms with van der Waals surface area (Å²) in [6, 6.07) is 6.88. The minimum atomic E-state index is -0.504. The van der Waals surface area contributed by atoms with Gasteiger partial charge in [-0.05, 0) is 64.2 Å². The Labute approximate surface area is 166 Å². The first-order chi connectivity index (χ1) is 13.1. The van der Waals surface area contributed by atoms with Gasteiger partial charge < -0.3 is 9.47 Å². The second kappa shape index (κ2) is 14.1. The molecule has 0 saturated carbocycles. The summed E-state index contributed by atoms with van der Waals surface area (Å²) >= 11 is 0. The van der Waals surface area contributed by atoms with Crippen molar-refractivity contribution in [1.82, 2.24) is 0 Å². The third-order valence-electron chi connectivity index (χ3n) is 5.44. The molecule has 156 valence electrons. The molecule has 1 atom stereocenters. The fourth-order valence-electron chi connectivity index (χ4n) is 3.89. The molecule has 0 amide bonds.